The lowest BCUT2D eigenvalue weighted by atomic mass is 10.2. The molecule has 0 fully saturated rings. The highest BCUT2D eigenvalue weighted by molar-refractivity contribution is 5.90. The van der Waals surface area contributed by atoms with Crippen LogP contribution in [0, 0.1) is 0 Å². The molecule has 0 saturated carbocycles. The molecule has 1 N–H and O–H groups in total. The summed E-state index contributed by atoms with van der Waals surface area (Å²) in [5.74, 6) is 1.66. The van der Waals surface area contributed by atoms with Gasteiger partial charge in [-0.2, -0.15) is 4.98 Å². The zero-order chi connectivity index (χ0) is 12.3. The molecule has 1 aromatic heterocycles. The van der Waals surface area contributed by atoms with Crippen molar-refractivity contribution in [2.24, 2.45) is 0 Å². The van der Waals surface area contributed by atoms with Gasteiger partial charge in [-0.1, -0.05) is 19.1 Å². The lowest BCUT2D eigenvalue weighted by Crippen LogP contribution is -2.14. The van der Waals surface area contributed by atoms with E-state index in [-0.39, 0.29) is 0 Å². The van der Waals surface area contributed by atoms with Gasteiger partial charge in [0, 0.05) is 26.0 Å². The van der Waals surface area contributed by atoms with Crippen LogP contribution in [0.25, 0.3) is 10.9 Å². The molecule has 0 spiro atoms. The van der Waals surface area contributed by atoms with Crippen LogP contribution in [-0.2, 0) is 0 Å². The number of rotatable bonds is 4. The lowest BCUT2D eigenvalue weighted by Gasteiger charge is -2.14. The smallest absolute Gasteiger partial charge is 0.227 e. The fourth-order valence-corrected chi connectivity index (χ4v) is 1.64. The Labute approximate surface area is 102 Å². The number of fused-ring (bicyclic) bond motifs is 1. The molecule has 0 aliphatic carbocycles. The second kappa shape index (κ2) is 4.99. The normalized spacial score (nSPS) is 10.5. The van der Waals surface area contributed by atoms with Gasteiger partial charge in [0.2, 0.25) is 5.95 Å². The molecule has 0 amide bonds. The number of hydrogen-bond acceptors (Lipinski definition) is 4. The van der Waals surface area contributed by atoms with Gasteiger partial charge in [-0.05, 0) is 18.6 Å². The SMILES string of the molecule is CCCNc1nc(N(C)C)nc2ccccc12. The Bertz CT molecular complexity index is 508. The average molecular weight is 230 g/mol. The zero-order valence-corrected chi connectivity index (χ0v) is 10.6. The lowest BCUT2D eigenvalue weighted by molar-refractivity contribution is 0.958. The maximum atomic E-state index is 4.54. The van der Waals surface area contributed by atoms with Crippen LogP contribution in [0.5, 0.6) is 0 Å². The van der Waals surface area contributed by atoms with Crippen molar-refractivity contribution in [3.63, 3.8) is 0 Å². The molecule has 0 aliphatic heterocycles. The summed E-state index contributed by atoms with van der Waals surface area (Å²) < 4.78 is 0. The van der Waals surface area contributed by atoms with Crippen LogP contribution in [0.15, 0.2) is 24.3 Å². The first kappa shape index (κ1) is 11.6. The minimum absolute atomic E-state index is 0.738. The Morgan fingerprint density at radius 2 is 1.94 bits per heavy atom. The number of nitrogens with zero attached hydrogens (tertiary/aromatic N) is 3. The molecular weight excluding hydrogens is 212 g/mol. The first-order valence-corrected chi connectivity index (χ1v) is 5.90. The molecule has 1 aromatic carbocycles. The maximum Gasteiger partial charge on any atom is 0.227 e. The summed E-state index contributed by atoms with van der Waals surface area (Å²) >= 11 is 0. The summed E-state index contributed by atoms with van der Waals surface area (Å²) in [6.07, 6.45) is 1.08. The van der Waals surface area contributed by atoms with Gasteiger partial charge >= 0.3 is 0 Å². The van der Waals surface area contributed by atoms with Gasteiger partial charge in [0.15, 0.2) is 0 Å². The standard InChI is InChI=1S/C13H18N4/c1-4-9-14-12-10-7-5-6-8-11(10)15-13(16-12)17(2)3/h5-8H,4,9H2,1-3H3,(H,14,15,16). The van der Waals surface area contributed by atoms with Crippen LogP contribution in [-0.4, -0.2) is 30.6 Å². The number of para-hydroxylation sites is 1. The molecule has 90 valence electrons. The summed E-state index contributed by atoms with van der Waals surface area (Å²) in [4.78, 5) is 11.0. The fourth-order valence-electron chi connectivity index (χ4n) is 1.64. The molecule has 2 aromatic rings. The third-order valence-corrected chi connectivity index (χ3v) is 2.53. The maximum absolute atomic E-state index is 4.54. The van der Waals surface area contributed by atoms with Gasteiger partial charge in [0.05, 0.1) is 5.52 Å². The van der Waals surface area contributed by atoms with Gasteiger partial charge in [0.1, 0.15) is 5.82 Å². The zero-order valence-electron chi connectivity index (χ0n) is 10.6. The minimum Gasteiger partial charge on any atom is -0.369 e. The summed E-state index contributed by atoms with van der Waals surface area (Å²) in [7, 11) is 3.90. The topological polar surface area (TPSA) is 41.1 Å². The number of benzene rings is 1. The third-order valence-electron chi connectivity index (χ3n) is 2.53. The van der Waals surface area contributed by atoms with E-state index in [0.717, 1.165) is 35.6 Å². The highest BCUT2D eigenvalue weighted by atomic mass is 15.2. The van der Waals surface area contributed by atoms with E-state index in [1.165, 1.54) is 0 Å². The van der Waals surface area contributed by atoms with E-state index in [1.54, 1.807) is 0 Å². The van der Waals surface area contributed by atoms with Gasteiger partial charge in [0.25, 0.3) is 0 Å². The molecule has 0 radical (unpaired) electrons. The molecule has 4 nitrogen and oxygen atoms in total. The monoisotopic (exact) mass is 230 g/mol. The van der Waals surface area contributed by atoms with Crippen LogP contribution in [0.1, 0.15) is 13.3 Å². The summed E-state index contributed by atoms with van der Waals surface area (Å²) in [5, 5.41) is 4.43. The second-order valence-electron chi connectivity index (χ2n) is 4.21. The van der Waals surface area contributed by atoms with E-state index in [0.29, 0.717) is 0 Å². The van der Waals surface area contributed by atoms with Crippen molar-refractivity contribution in [2.75, 3.05) is 30.9 Å². The molecule has 0 saturated heterocycles. The first-order valence-electron chi connectivity index (χ1n) is 5.90. The summed E-state index contributed by atoms with van der Waals surface area (Å²) in [6, 6.07) is 8.07. The summed E-state index contributed by atoms with van der Waals surface area (Å²) in [6.45, 7) is 3.07. The van der Waals surface area contributed by atoms with Crippen molar-refractivity contribution >= 4 is 22.7 Å². The van der Waals surface area contributed by atoms with Crippen molar-refractivity contribution in [3.8, 4) is 0 Å². The minimum atomic E-state index is 0.738. The Kier molecular flexibility index (Phi) is 3.42. The molecule has 4 heteroatoms. The number of anilines is 2. The Hall–Kier alpha value is -1.84. The first-order chi connectivity index (χ1) is 8.22. The van der Waals surface area contributed by atoms with E-state index in [2.05, 4.69) is 22.2 Å². The average Bonchev–Trinajstić information content (AvgIpc) is 2.35. The molecule has 0 atom stereocenters. The van der Waals surface area contributed by atoms with Gasteiger partial charge < -0.3 is 10.2 Å². The van der Waals surface area contributed by atoms with E-state index < -0.39 is 0 Å². The Morgan fingerprint density at radius 3 is 2.65 bits per heavy atom. The van der Waals surface area contributed by atoms with Crippen LogP contribution in [0.3, 0.4) is 0 Å². The van der Waals surface area contributed by atoms with Gasteiger partial charge in [-0.25, -0.2) is 4.98 Å². The van der Waals surface area contributed by atoms with Crippen LogP contribution in [0.4, 0.5) is 11.8 Å². The largest absolute Gasteiger partial charge is 0.369 e. The molecule has 17 heavy (non-hydrogen) atoms. The highest BCUT2D eigenvalue weighted by Gasteiger charge is 2.07. The van der Waals surface area contributed by atoms with Crippen LogP contribution in [0.2, 0.25) is 0 Å². The molecule has 2 rings (SSSR count). The Balaban J connectivity index is 2.52. The van der Waals surface area contributed by atoms with E-state index in [9.17, 15) is 0 Å². The predicted molar refractivity (Wildman–Crippen MR) is 72.6 cm³/mol. The van der Waals surface area contributed by atoms with Crippen LogP contribution < -0.4 is 10.2 Å². The molecule has 0 unspecified atom stereocenters. The van der Waals surface area contributed by atoms with Crippen molar-refractivity contribution in [1.29, 1.82) is 0 Å². The van der Waals surface area contributed by atoms with E-state index in [4.69, 9.17) is 0 Å². The number of aromatic nitrogens is 2. The second-order valence-corrected chi connectivity index (χ2v) is 4.21. The molecule has 0 bridgehead atoms. The quantitative estimate of drug-likeness (QED) is 0.876. The van der Waals surface area contributed by atoms with E-state index >= 15 is 0 Å². The molecule has 0 aliphatic rings. The van der Waals surface area contributed by atoms with Crippen molar-refractivity contribution in [1.82, 2.24) is 9.97 Å². The van der Waals surface area contributed by atoms with Gasteiger partial charge in [-0.15, -0.1) is 0 Å². The fraction of sp³-hybridized carbons (Fsp3) is 0.385. The van der Waals surface area contributed by atoms with E-state index in [1.807, 2.05) is 43.3 Å². The van der Waals surface area contributed by atoms with Crippen molar-refractivity contribution in [2.45, 2.75) is 13.3 Å². The third kappa shape index (κ3) is 2.46. The highest BCUT2D eigenvalue weighted by Crippen LogP contribution is 2.22. The Morgan fingerprint density at radius 1 is 1.18 bits per heavy atom. The number of nitrogens with one attached hydrogen (secondary N) is 1. The number of hydrogen-bond donors (Lipinski definition) is 1. The molecular formula is C13H18N4. The van der Waals surface area contributed by atoms with Gasteiger partial charge in [-0.3, -0.25) is 0 Å². The van der Waals surface area contributed by atoms with Crippen molar-refractivity contribution in [3.05, 3.63) is 24.3 Å². The summed E-state index contributed by atoms with van der Waals surface area (Å²) in [5.41, 5.74) is 0.977. The molecule has 1 heterocycles. The van der Waals surface area contributed by atoms with Crippen LogP contribution >= 0.6 is 0 Å². The van der Waals surface area contributed by atoms with Crippen molar-refractivity contribution < 1.29 is 0 Å². The predicted octanol–water partition coefficient (Wildman–Crippen LogP) is 2.52.